The Bertz CT molecular complexity index is 701. The van der Waals surface area contributed by atoms with E-state index in [4.69, 9.17) is 0 Å². The smallest absolute Gasteiger partial charge is 0.251 e. The molecule has 1 saturated heterocycles. The molecule has 1 aliphatic carbocycles. The summed E-state index contributed by atoms with van der Waals surface area (Å²) in [5, 5.41) is 3.23. The van der Waals surface area contributed by atoms with Gasteiger partial charge in [-0.15, -0.1) is 0 Å². The number of amides is 1. The first kappa shape index (κ1) is 15.4. The van der Waals surface area contributed by atoms with E-state index in [0.29, 0.717) is 6.04 Å². The van der Waals surface area contributed by atoms with Crippen LogP contribution in [0.25, 0.3) is 11.1 Å². The van der Waals surface area contributed by atoms with E-state index < -0.39 is 0 Å². The van der Waals surface area contributed by atoms with Gasteiger partial charge in [-0.05, 0) is 48.9 Å². The van der Waals surface area contributed by atoms with Gasteiger partial charge in [-0.2, -0.15) is 0 Å². The lowest BCUT2D eigenvalue weighted by Gasteiger charge is -2.32. The van der Waals surface area contributed by atoms with Crippen LogP contribution >= 0.6 is 0 Å². The lowest BCUT2D eigenvalue weighted by atomic mass is 10.0. The SMILES string of the molecule is O=C(NC1CCN(C2CC2)CC1)c1cccc(-c2ccccc2)c1. The number of likely N-dealkylation sites (tertiary alicyclic amines) is 1. The van der Waals surface area contributed by atoms with Crippen molar-refractivity contribution in [3.8, 4) is 11.1 Å². The molecule has 0 aromatic heterocycles. The first-order valence-corrected chi connectivity index (χ1v) is 9.00. The molecular weight excluding hydrogens is 296 g/mol. The summed E-state index contributed by atoms with van der Waals surface area (Å²) in [4.78, 5) is 15.2. The number of nitrogens with zero attached hydrogens (tertiary/aromatic N) is 1. The number of nitrogens with one attached hydrogen (secondary N) is 1. The molecule has 0 unspecified atom stereocenters. The molecule has 0 bridgehead atoms. The Morgan fingerprint density at radius 2 is 1.58 bits per heavy atom. The average molecular weight is 320 g/mol. The van der Waals surface area contributed by atoms with Gasteiger partial charge in [0.15, 0.2) is 0 Å². The molecule has 1 heterocycles. The van der Waals surface area contributed by atoms with E-state index in [-0.39, 0.29) is 5.91 Å². The number of hydrogen-bond donors (Lipinski definition) is 1. The summed E-state index contributed by atoms with van der Waals surface area (Å²) < 4.78 is 0. The van der Waals surface area contributed by atoms with Crippen LogP contribution in [0.5, 0.6) is 0 Å². The van der Waals surface area contributed by atoms with Gasteiger partial charge >= 0.3 is 0 Å². The first-order chi connectivity index (χ1) is 11.8. The molecule has 0 radical (unpaired) electrons. The maximum Gasteiger partial charge on any atom is 0.251 e. The molecule has 1 amide bonds. The fourth-order valence-electron chi connectivity index (χ4n) is 3.59. The Morgan fingerprint density at radius 3 is 2.29 bits per heavy atom. The first-order valence-electron chi connectivity index (χ1n) is 9.00. The van der Waals surface area contributed by atoms with Crippen molar-refractivity contribution in [2.24, 2.45) is 0 Å². The summed E-state index contributed by atoms with van der Waals surface area (Å²) in [7, 11) is 0. The van der Waals surface area contributed by atoms with E-state index in [0.717, 1.165) is 48.7 Å². The summed E-state index contributed by atoms with van der Waals surface area (Å²) in [5.41, 5.74) is 2.98. The predicted molar refractivity (Wildman–Crippen MR) is 97.0 cm³/mol. The minimum Gasteiger partial charge on any atom is -0.349 e. The van der Waals surface area contributed by atoms with Crippen LogP contribution in [0.4, 0.5) is 0 Å². The molecule has 3 nitrogen and oxygen atoms in total. The van der Waals surface area contributed by atoms with Gasteiger partial charge in [-0.3, -0.25) is 4.79 Å². The second-order valence-corrected chi connectivity index (χ2v) is 6.96. The van der Waals surface area contributed by atoms with Crippen LogP contribution in [0.15, 0.2) is 54.6 Å². The van der Waals surface area contributed by atoms with Crippen molar-refractivity contribution in [1.82, 2.24) is 10.2 Å². The van der Waals surface area contributed by atoms with Crippen molar-refractivity contribution in [2.45, 2.75) is 37.8 Å². The van der Waals surface area contributed by atoms with Crippen molar-refractivity contribution in [3.63, 3.8) is 0 Å². The van der Waals surface area contributed by atoms with Crippen LogP contribution in [0.1, 0.15) is 36.0 Å². The fourth-order valence-corrected chi connectivity index (χ4v) is 3.59. The molecular formula is C21H24N2O. The lowest BCUT2D eigenvalue weighted by molar-refractivity contribution is 0.0909. The zero-order valence-electron chi connectivity index (χ0n) is 13.9. The van der Waals surface area contributed by atoms with Crippen molar-refractivity contribution in [3.05, 3.63) is 60.2 Å². The zero-order valence-corrected chi connectivity index (χ0v) is 13.9. The summed E-state index contributed by atoms with van der Waals surface area (Å²) >= 11 is 0. The lowest BCUT2D eigenvalue weighted by Crippen LogP contribution is -2.45. The highest BCUT2D eigenvalue weighted by Gasteiger charge is 2.32. The van der Waals surface area contributed by atoms with Crippen LogP contribution in [0, 0.1) is 0 Å². The topological polar surface area (TPSA) is 32.3 Å². The maximum absolute atomic E-state index is 12.6. The van der Waals surface area contributed by atoms with Gasteiger partial charge in [0.1, 0.15) is 0 Å². The third-order valence-corrected chi connectivity index (χ3v) is 5.16. The quantitative estimate of drug-likeness (QED) is 0.931. The van der Waals surface area contributed by atoms with E-state index in [9.17, 15) is 4.79 Å². The number of piperidine rings is 1. The van der Waals surface area contributed by atoms with Gasteiger partial charge in [-0.1, -0.05) is 42.5 Å². The molecule has 2 aromatic rings. The van der Waals surface area contributed by atoms with Gasteiger partial charge in [0, 0.05) is 30.7 Å². The zero-order chi connectivity index (χ0) is 16.4. The number of benzene rings is 2. The largest absolute Gasteiger partial charge is 0.349 e. The Labute approximate surface area is 143 Å². The molecule has 3 heteroatoms. The number of carbonyl (C=O) groups is 1. The molecule has 4 rings (SSSR count). The van der Waals surface area contributed by atoms with Crippen molar-refractivity contribution in [1.29, 1.82) is 0 Å². The van der Waals surface area contributed by atoms with E-state index in [1.165, 1.54) is 12.8 Å². The Kier molecular flexibility index (Phi) is 4.35. The molecule has 24 heavy (non-hydrogen) atoms. The van der Waals surface area contributed by atoms with Gasteiger partial charge in [-0.25, -0.2) is 0 Å². The molecule has 124 valence electrons. The van der Waals surface area contributed by atoms with Gasteiger partial charge < -0.3 is 10.2 Å². The third kappa shape index (κ3) is 3.51. The summed E-state index contributed by atoms with van der Waals surface area (Å²) in [6.45, 7) is 2.25. The summed E-state index contributed by atoms with van der Waals surface area (Å²) in [6.07, 6.45) is 4.87. The second kappa shape index (κ2) is 6.78. The highest BCUT2D eigenvalue weighted by Crippen LogP contribution is 2.29. The summed E-state index contributed by atoms with van der Waals surface area (Å²) in [6, 6.07) is 19.3. The standard InChI is InChI=1S/C21H24N2O/c24-21(22-19-11-13-23(14-12-19)20-9-10-20)18-8-4-7-17(15-18)16-5-2-1-3-6-16/h1-8,15,19-20H,9-14H2,(H,22,24). The fraction of sp³-hybridized carbons (Fsp3) is 0.381. The van der Waals surface area contributed by atoms with E-state index in [1.807, 2.05) is 36.4 Å². The van der Waals surface area contributed by atoms with Crippen molar-refractivity contribution in [2.75, 3.05) is 13.1 Å². The number of carbonyl (C=O) groups excluding carboxylic acids is 1. The van der Waals surface area contributed by atoms with Gasteiger partial charge in [0.2, 0.25) is 0 Å². The van der Waals surface area contributed by atoms with Crippen molar-refractivity contribution < 1.29 is 4.79 Å². The minimum absolute atomic E-state index is 0.0534. The van der Waals surface area contributed by atoms with Crippen molar-refractivity contribution >= 4 is 5.91 Å². The number of rotatable bonds is 4. The average Bonchev–Trinajstić information content (AvgIpc) is 3.48. The Hall–Kier alpha value is -2.13. The molecule has 1 aliphatic heterocycles. The van der Waals surface area contributed by atoms with Crippen LogP contribution < -0.4 is 5.32 Å². The van der Waals surface area contributed by atoms with Gasteiger partial charge in [0.25, 0.3) is 5.91 Å². The molecule has 0 spiro atoms. The van der Waals surface area contributed by atoms with Gasteiger partial charge in [0.05, 0.1) is 0 Å². The van der Waals surface area contributed by atoms with Crippen LogP contribution in [-0.4, -0.2) is 36.0 Å². The van der Waals surface area contributed by atoms with E-state index >= 15 is 0 Å². The normalized spacial score (nSPS) is 19.2. The maximum atomic E-state index is 12.6. The summed E-state index contributed by atoms with van der Waals surface area (Å²) in [5.74, 6) is 0.0534. The molecule has 1 saturated carbocycles. The Morgan fingerprint density at radius 1 is 0.875 bits per heavy atom. The third-order valence-electron chi connectivity index (χ3n) is 5.16. The second-order valence-electron chi connectivity index (χ2n) is 6.96. The monoisotopic (exact) mass is 320 g/mol. The predicted octanol–water partition coefficient (Wildman–Crippen LogP) is 3.71. The van der Waals surface area contributed by atoms with Crippen LogP contribution in [0.3, 0.4) is 0 Å². The highest BCUT2D eigenvalue weighted by atomic mass is 16.1. The molecule has 2 aromatic carbocycles. The van der Waals surface area contributed by atoms with Crippen LogP contribution in [-0.2, 0) is 0 Å². The van der Waals surface area contributed by atoms with Crippen LogP contribution in [0.2, 0.25) is 0 Å². The molecule has 1 N–H and O–H groups in total. The molecule has 2 aliphatic rings. The number of hydrogen-bond acceptors (Lipinski definition) is 2. The van der Waals surface area contributed by atoms with E-state index in [2.05, 4.69) is 28.4 Å². The minimum atomic E-state index is 0.0534. The Balaban J connectivity index is 1.39. The molecule has 0 atom stereocenters. The van der Waals surface area contributed by atoms with E-state index in [1.54, 1.807) is 0 Å². The highest BCUT2D eigenvalue weighted by molar-refractivity contribution is 5.95. The molecule has 2 fully saturated rings.